The predicted octanol–water partition coefficient (Wildman–Crippen LogP) is 2.65. The maximum atomic E-state index is 6.31. The zero-order chi connectivity index (χ0) is 12.4. The van der Waals surface area contributed by atoms with Gasteiger partial charge in [-0.05, 0) is 6.42 Å². The fourth-order valence-electron chi connectivity index (χ4n) is 1.42. The standard InChI is InChI=1S/C12H22N2OS/c1-6-12(13,8-15-5)10-14-9(7-16-10)11(2,3)4/h7H,6,8,13H2,1-5H3. The largest absolute Gasteiger partial charge is 0.382 e. The van der Waals surface area contributed by atoms with E-state index in [-0.39, 0.29) is 5.41 Å². The van der Waals surface area contributed by atoms with Crippen molar-refractivity contribution in [2.45, 2.75) is 45.1 Å². The van der Waals surface area contributed by atoms with Gasteiger partial charge in [-0.2, -0.15) is 0 Å². The van der Waals surface area contributed by atoms with Crippen LogP contribution in [0.3, 0.4) is 0 Å². The summed E-state index contributed by atoms with van der Waals surface area (Å²) in [5.41, 5.74) is 7.05. The molecule has 1 rings (SSSR count). The van der Waals surface area contributed by atoms with Crippen LogP contribution >= 0.6 is 11.3 Å². The van der Waals surface area contributed by atoms with Crippen molar-refractivity contribution in [1.29, 1.82) is 0 Å². The van der Waals surface area contributed by atoms with Crippen molar-refractivity contribution in [1.82, 2.24) is 4.98 Å². The number of nitrogens with zero attached hydrogens (tertiary/aromatic N) is 1. The summed E-state index contributed by atoms with van der Waals surface area (Å²) in [5.74, 6) is 0. The van der Waals surface area contributed by atoms with Crippen LogP contribution < -0.4 is 5.73 Å². The lowest BCUT2D eigenvalue weighted by Crippen LogP contribution is -2.40. The van der Waals surface area contributed by atoms with Gasteiger partial charge < -0.3 is 10.5 Å². The molecule has 1 unspecified atom stereocenters. The van der Waals surface area contributed by atoms with Crippen LogP contribution in [0, 0.1) is 0 Å². The molecule has 1 aromatic heterocycles. The Labute approximate surface area is 102 Å². The Balaban J connectivity index is 3.00. The summed E-state index contributed by atoms with van der Waals surface area (Å²) >= 11 is 1.63. The first kappa shape index (κ1) is 13.6. The lowest BCUT2D eigenvalue weighted by Gasteiger charge is -2.24. The molecule has 0 bridgehead atoms. The van der Waals surface area contributed by atoms with Gasteiger partial charge >= 0.3 is 0 Å². The minimum absolute atomic E-state index is 0.0798. The molecule has 16 heavy (non-hydrogen) atoms. The van der Waals surface area contributed by atoms with Crippen molar-refractivity contribution >= 4 is 11.3 Å². The Morgan fingerprint density at radius 3 is 2.44 bits per heavy atom. The van der Waals surface area contributed by atoms with Crippen molar-refractivity contribution in [2.24, 2.45) is 5.73 Å². The van der Waals surface area contributed by atoms with Gasteiger partial charge in [-0.25, -0.2) is 4.98 Å². The molecule has 0 amide bonds. The highest BCUT2D eigenvalue weighted by Crippen LogP contribution is 2.30. The number of aromatic nitrogens is 1. The number of hydrogen-bond donors (Lipinski definition) is 1. The summed E-state index contributed by atoms with van der Waals surface area (Å²) in [4.78, 5) is 4.66. The van der Waals surface area contributed by atoms with E-state index < -0.39 is 5.54 Å². The van der Waals surface area contributed by atoms with E-state index in [0.717, 1.165) is 17.1 Å². The molecule has 1 heterocycles. The molecule has 0 saturated heterocycles. The van der Waals surface area contributed by atoms with Gasteiger partial charge in [0.15, 0.2) is 0 Å². The molecule has 0 fully saturated rings. The normalized spacial score (nSPS) is 16.1. The second kappa shape index (κ2) is 4.82. The molecular weight excluding hydrogens is 220 g/mol. The molecule has 0 radical (unpaired) electrons. The quantitative estimate of drug-likeness (QED) is 0.883. The molecule has 0 aliphatic carbocycles. The second-order valence-corrected chi connectivity index (χ2v) is 6.09. The van der Waals surface area contributed by atoms with E-state index in [4.69, 9.17) is 10.5 Å². The Morgan fingerprint density at radius 1 is 1.44 bits per heavy atom. The van der Waals surface area contributed by atoms with Gasteiger partial charge in [-0.15, -0.1) is 11.3 Å². The summed E-state index contributed by atoms with van der Waals surface area (Å²) in [6.45, 7) is 9.06. The molecule has 2 N–H and O–H groups in total. The smallest absolute Gasteiger partial charge is 0.115 e. The van der Waals surface area contributed by atoms with Gasteiger partial charge in [0.1, 0.15) is 5.01 Å². The molecule has 92 valence electrons. The fourth-order valence-corrected chi connectivity index (χ4v) is 2.64. The van der Waals surface area contributed by atoms with Crippen LogP contribution in [0.25, 0.3) is 0 Å². The number of nitrogens with two attached hydrogens (primary N) is 1. The molecule has 1 aromatic rings. The third-order valence-corrected chi connectivity index (χ3v) is 3.79. The van der Waals surface area contributed by atoms with Gasteiger partial charge in [0.2, 0.25) is 0 Å². The average molecular weight is 242 g/mol. The topological polar surface area (TPSA) is 48.1 Å². The summed E-state index contributed by atoms with van der Waals surface area (Å²) in [6.07, 6.45) is 0.831. The number of hydrogen-bond acceptors (Lipinski definition) is 4. The Morgan fingerprint density at radius 2 is 2.06 bits per heavy atom. The zero-order valence-electron chi connectivity index (χ0n) is 10.8. The van der Waals surface area contributed by atoms with Crippen LogP contribution in [-0.4, -0.2) is 18.7 Å². The fraction of sp³-hybridized carbons (Fsp3) is 0.750. The highest BCUT2D eigenvalue weighted by Gasteiger charge is 2.30. The Bertz CT molecular complexity index is 343. The summed E-state index contributed by atoms with van der Waals surface area (Å²) in [5, 5.41) is 3.07. The summed E-state index contributed by atoms with van der Waals surface area (Å²) in [7, 11) is 1.68. The maximum Gasteiger partial charge on any atom is 0.115 e. The molecule has 1 atom stereocenters. The molecular formula is C12H22N2OS. The first-order valence-corrected chi connectivity index (χ1v) is 6.46. The van der Waals surface area contributed by atoms with Crippen molar-refractivity contribution in [3.8, 4) is 0 Å². The summed E-state index contributed by atoms with van der Waals surface area (Å²) in [6, 6.07) is 0. The van der Waals surface area contributed by atoms with Gasteiger partial charge in [0.05, 0.1) is 17.8 Å². The van der Waals surface area contributed by atoms with E-state index in [2.05, 4.69) is 38.1 Å². The lowest BCUT2D eigenvalue weighted by molar-refractivity contribution is 0.129. The SMILES string of the molecule is CCC(N)(COC)c1nc(C(C)(C)C)cs1. The van der Waals surface area contributed by atoms with E-state index in [0.29, 0.717) is 6.61 Å². The van der Waals surface area contributed by atoms with Gasteiger partial charge in [-0.1, -0.05) is 27.7 Å². The van der Waals surface area contributed by atoms with Crippen molar-refractivity contribution < 1.29 is 4.74 Å². The van der Waals surface area contributed by atoms with E-state index in [9.17, 15) is 0 Å². The minimum atomic E-state index is -0.442. The highest BCUT2D eigenvalue weighted by molar-refractivity contribution is 7.09. The molecule has 0 aliphatic heterocycles. The molecule has 0 aromatic carbocycles. The van der Waals surface area contributed by atoms with Crippen LogP contribution in [0.1, 0.15) is 44.8 Å². The van der Waals surface area contributed by atoms with E-state index in [1.54, 1.807) is 18.4 Å². The molecule has 0 spiro atoms. The first-order valence-electron chi connectivity index (χ1n) is 5.58. The van der Waals surface area contributed by atoms with E-state index in [1.807, 2.05) is 0 Å². The number of ether oxygens (including phenoxy) is 1. The number of rotatable bonds is 4. The lowest BCUT2D eigenvalue weighted by atomic mass is 9.93. The van der Waals surface area contributed by atoms with Crippen LogP contribution in [0.4, 0.5) is 0 Å². The molecule has 0 saturated carbocycles. The van der Waals surface area contributed by atoms with Crippen molar-refractivity contribution in [3.05, 3.63) is 16.1 Å². The van der Waals surface area contributed by atoms with Gasteiger partial charge in [0.25, 0.3) is 0 Å². The second-order valence-electron chi connectivity index (χ2n) is 5.23. The van der Waals surface area contributed by atoms with Gasteiger partial charge in [-0.3, -0.25) is 0 Å². The zero-order valence-corrected chi connectivity index (χ0v) is 11.6. The van der Waals surface area contributed by atoms with Crippen LogP contribution in [-0.2, 0) is 15.7 Å². The van der Waals surface area contributed by atoms with Crippen LogP contribution in [0.5, 0.6) is 0 Å². The number of thiazole rings is 1. The molecule has 0 aliphatic rings. The maximum absolute atomic E-state index is 6.31. The Kier molecular flexibility index (Phi) is 4.10. The van der Waals surface area contributed by atoms with Gasteiger partial charge in [0, 0.05) is 17.9 Å². The third kappa shape index (κ3) is 2.81. The highest BCUT2D eigenvalue weighted by atomic mass is 32.1. The third-order valence-electron chi connectivity index (χ3n) is 2.73. The average Bonchev–Trinajstić information content (AvgIpc) is 2.66. The molecule has 4 heteroatoms. The Hall–Kier alpha value is -0.450. The minimum Gasteiger partial charge on any atom is -0.382 e. The van der Waals surface area contributed by atoms with Crippen LogP contribution in [0.2, 0.25) is 0 Å². The van der Waals surface area contributed by atoms with Crippen LogP contribution in [0.15, 0.2) is 5.38 Å². The van der Waals surface area contributed by atoms with E-state index >= 15 is 0 Å². The first-order chi connectivity index (χ1) is 7.33. The molecule has 3 nitrogen and oxygen atoms in total. The summed E-state index contributed by atoms with van der Waals surface area (Å²) < 4.78 is 5.19. The number of methoxy groups -OCH3 is 1. The van der Waals surface area contributed by atoms with Crippen molar-refractivity contribution in [2.75, 3.05) is 13.7 Å². The van der Waals surface area contributed by atoms with Crippen molar-refractivity contribution in [3.63, 3.8) is 0 Å². The van der Waals surface area contributed by atoms with E-state index in [1.165, 1.54) is 0 Å². The predicted molar refractivity (Wildman–Crippen MR) is 68.8 cm³/mol. The monoisotopic (exact) mass is 242 g/mol.